The lowest BCUT2D eigenvalue weighted by Crippen LogP contribution is -2.60. The topological polar surface area (TPSA) is 61.4 Å². The van der Waals surface area contributed by atoms with Crippen LogP contribution < -0.4 is 10.6 Å². The van der Waals surface area contributed by atoms with Gasteiger partial charge < -0.3 is 15.5 Å². The Hall–Kier alpha value is -1.10. The van der Waals surface area contributed by atoms with Crippen LogP contribution in [-0.4, -0.2) is 48.4 Å². The fourth-order valence-corrected chi connectivity index (χ4v) is 3.04. The predicted octanol–water partition coefficient (Wildman–Crippen LogP) is 1.53. The number of hydrogen-bond donors (Lipinski definition) is 2. The smallest absolute Gasteiger partial charge is 0.219 e. The standard InChI is InChI=1S/C16H31N3O2/c1-5-10-19(11-9-17-15(21)6-2)12-14-7-8-16(14,4)18-13(3)20/h14H,5-12H2,1-4H3,(H,17,21)(H,18,20)/t14?,16-/m0/s1. The third-order valence-corrected chi connectivity index (χ3v) is 4.46. The number of hydrogen-bond acceptors (Lipinski definition) is 3. The summed E-state index contributed by atoms with van der Waals surface area (Å²) in [6, 6.07) is 0. The molecular formula is C16H31N3O2. The third kappa shape index (κ3) is 5.65. The van der Waals surface area contributed by atoms with Gasteiger partial charge in [-0.1, -0.05) is 13.8 Å². The number of rotatable bonds is 9. The van der Waals surface area contributed by atoms with Crippen LogP contribution in [0.4, 0.5) is 0 Å². The molecule has 1 rings (SSSR count). The summed E-state index contributed by atoms with van der Waals surface area (Å²) >= 11 is 0. The molecule has 1 fully saturated rings. The summed E-state index contributed by atoms with van der Waals surface area (Å²) in [7, 11) is 0. The highest BCUT2D eigenvalue weighted by molar-refractivity contribution is 5.75. The zero-order valence-corrected chi connectivity index (χ0v) is 14.0. The number of carbonyl (C=O) groups excluding carboxylic acids is 2. The number of nitrogens with zero attached hydrogens (tertiary/aromatic N) is 1. The highest BCUT2D eigenvalue weighted by atomic mass is 16.2. The van der Waals surface area contributed by atoms with E-state index in [1.54, 1.807) is 6.92 Å². The van der Waals surface area contributed by atoms with Crippen molar-refractivity contribution in [2.75, 3.05) is 26.2 Å². The number of amides is 2. The Balaban J connectivity index is 2.43. The summed E-state index contributed by atoms with van der Waals surface area (Å²) in [5.41, 5.74) is -0.0511. The van der Waals surface area contributed by atoms with Crippen LogP contribution in [0.15, 0.2) is 0 Å². The van der Waals surface area contributed by atoms with Crippen molar-refractivity contribution in [1.29, 1.82) is 0 Å². The van der Waals surface area contributed by atoms with E-state index in [2.05, 4.69) is 29.4 Å². The van der Waals surface area contributed by atoms with Crippen LogP contribution >= 0.6 is 0 Å². The van der Waals surface area contributed by atoms with E-state index in [-0.39, 0.29) is 17.4 Å². The Bertz CT molecular complexity index is 359. The molecule has 5 heteroatoms. The molecule has 0 saturated heterocycles. The largest absolute Gasteiger partial charge is 0.355 e. The molecule has 21 heavy (non-hydrogen) atoms. The van der Waals surface area contributed by atoms with Gasteiger partial charge in [-0.15, -0.1) is 0 Å². The second-order valence-electron chi connectivity index (χ2n) is 6.34. The first-order chi connectivity index (χ1) is 9.91. The first-order valence-electron chi connectivity index (χ1n) is 8.19. The molecule has 0 heterocycles. The van der Waals surface area contributed by atoms with Gasteiger partial charge in [0.15, 0.2) is 0 Å². The molecule has 0 aromatic carbocycles. The van der Waals surface area contributed by atoms with E-state index in [4.69, 9.17) is 0 Å². The van der Waals surface area contributed by atoms with Gasteiger partial charge in [-0.25, -0.2) is 0 Å². The van der Waals surface area contributed by atoms with Crippen LogP contribution in [-0.2, 0) is 9.59 Å². The molecule has 5 nitrogen and oxygen atoms in total. The second kappa shape index (κ2) is 8.37. The van der Waals surface area contributed by atoms with E-state index in [0.717, 1.165) is 38.9 Å². The van der Waals surface area contributed by atoms with Gasteiger partial charge >= 0.3 is 0 Å². The summed E-state index contributed by atoms with van der Waals surface area (Å²) in [4.78, 5) is 25.0. The van der Waals surface area contributed by atoms with E-state index < -0.39 is 0 Å². The third-order valence-electron chi connectivity index (χ3n) is 4.46. The normalized spacial score (nSPS) is 24.5. The van der Waals surface area contributed by atoms with E-state index >= 15 is 0 Å². The molecule has 122 valence electrons. The molecule has 0 radical (unpaired) electrons. The number of nitrogens with one attached hydrogen (secondary N) is 2. The van der Waals surface area contributed by atoms with Crippen LogP contribution in [0, 0.1) is 5.92 Å². The molecule has 0 aromatic rings. The average molecular weight is 297 g/mol. The van der Waals surface area contributed by atoms with Crippen LogP contribution in [0.25, 0.3) is 0 Å². The maximum absolute atomic E-state index is 11.3. The van der Waals surface area contributed by atoms with Gasteiger partial charge in [-0.05, 0) is 38.6 Å². The Labute approximate surface area is 128 Å². The molecule has 0 aromatic heterocycles. The fourth-order valence-electron chi connectivity index (χ4n) is 3.04. The summed E-state index contributed by atoms with van der Waals surface area (Å²) in [5, 5.41) is 6.03. The van der Waals surface area contributed by atoms with Gasteiger partial charge in [0.1, 0.15) is 0 Å². The van der Waals surface area contributed by atoms with Gasteiger partial charge in [0.25, 0.3) is 0 Å². The molecule has 0 aliphatic heterocycles. The molecule has 0 spiro atoms. The molecule has 2 N–H and O–H groups in total. The first kappa shape index (κ1) is 18.0. The van der Waals surface area contributed by atoms with Crippen molar-refractivity contribution in [1.82, 2.24) is 15.5 Å². The zero-order valence-electron chi connectivity index (χ0n) is 14.0. The van der Waals surface area contributed by atoms with E-state index in [1.807, 2.05) is 6.92 Å². The Morgan fingerprint density at radius 3 is 2.48 bits per heavy atom. The Morgan fingerprint density at radius 2 is 2.00 bits per heavy atom. The van der Waals surface area contributed by atoms with Crippen molar-refractivity contribution in [2.24, 2.45) is 5.92 Å². The highest BCUT2D eigenvalue weighted by Crippen LogP contribution is 2.38. The molecule has 2 amide bonds. The van der Waals surface area contributed by atoms with Gasteiger partial charge in [0.2, 0.25) is 11.8 Å². The fraction of sp³-hybridized carbons (Fsp3) is 0.875. The van der Waals surface area contributed by atoms with Crippen LogP contribution in [0.3, 0.4) is 0 Å². The van der Waals surface area contributed by atoms with Gasteiger partial charge in [0.05, 0.1) is 0 Å². The maximum atomic E-state index is 11.3. The van der Waals surface area contributed by atoms with Crippen LogP contribution in [0.2, 0.25) is 0 Å². The summed E-state index contributed by atoms with van der Waals surface area (Å²) in [6.45, 7) is 11.4. The van der Waals surface area contributed by atoms with Crippen molar-refractivity contribution in [3.05, 3.63) is 0 Å². The monoisotopic (exact) mass is 297 g/mol. The van der Waals surface area contributed by atoms with Gasteiger partial charge in [-0.2, -0.15) is 0 Å². The second-order valence-corrected chi connectivity index (χ2v) is 6.34. The van der Waals surface area contributed by atoms with E-state index in [0.29, 0.717) is 18.9 Å². The van der Waals surface area contributed by atoms with Crippen LogP contribution in [0.5, 0.6) is 0 Å². The minimum absolute atomic E-state index is 0.0511. The predicted molar refractivity (Wildman–Crippen MR) is 85.0 cm³/mol. The Kier molecular flexibility index (Phi) is 7.15. The molecule has 0 bridgehead atoms. The molecule has 1 unspecified atom stereocenters. The lowest BCUT2D eigenvalue weighted by atomic mass is 9.67. The lowest BCUT2D eigenvalue weighted by Gasteiger charge is -2.49. The van der Waals surface area contributed by atoms with Crippen molar-refractivity contribution in [2.45, 2.75) is 58.9 Å². The van der Waals surface area contributed by atoms with E-state index in [1.165, 1.54) is 0 Å². The van der Waals surface area contributed by atoms with E-state index in [9.17, 15) is 9.59 Å². The first-order valence-corrected chi connectivity index (χ1v) is 8.19. The Morgan fingerprint density at radius 1 is 1.29 bits per heavy atom. The van der Waals surface area contributed by atoms with Gasteiger partial charge in [0, 0.05) is 38.5 Å². The van der Waals surface area contributed by atoms with Crippen molar-refractivity contribution in [3.63, 3.8) is 0 Å². The minimum atomic E-state index is -0.0511. The van der Waals surface area contributed by atoms with Crippen molar-refractivity contribution >= 4 is 11.8 Å². The lowest BCUT2D eigenvalue weighted by molar-refractivity contribution is -0.123. The van der Waals surface area contributed by atoms with Crippen molar-refractivity contribution < 1.29 is 9.59 Å². The molecule has 2 atom stereocenters. The summed E-state index contributed by atoms with van der Waals surface area (Å²) in [6.07, 6.45) is 3.87. The maximum Gasteiger partial charge on any atom is 0.219 e. The molecule has 1 aliphatic carbocycles. The SMILES string of the molecule is CCCN(CCNC(=O)CC)CC1CC[C@]1(C)NC(C)=O. The van der Waals surface area contributed by atoms with Crippen molar-refractivity contribution in [3.8, 4) is 0 Å². The van der Waals surface area contributed by atoms with Gasteiger partial charge in [-0.3, -0.25) is 9.59 Å². The molecule has 1 aliphatic rings. The highest BCUT2D eigenvalue weighted by Gasteiger charge is 2.43. The summed E-state index contributed by atoms with van der Waals surface area (Å²) in [5.74, 6) is 0.674. The number of carbonyl (C=O) groups is 2. The molecular weight excluding hydrogens is 266 g/mol. The molecule has 1 saturated carbocycles. The minimum Gasteiger partial charge on any atom is -0.355 e. The quantitative estimate of drug-likeness (QED) is 0.678. The van der Waals surface area contributed by atoms with Crippen LogP contribution in [0.1, 0.15) is 53.4 Å². The summed E-state index contributed by atoms with van der Waals surface area (Å²) < 4.78 is 0. The average Bonchev–Trinajstić information content (AvgIpc) is 2.42. The zero-order chi connectivity index (χ0) is 15.9.